The predicted octanol–water partition coefficient (Wildman–Crippen LogP) is 0.338. The highest BCUT2D eigenvalue weighted by Gasteiger charge is 2.27. The predicted molar refractivity (Wildman–Crippen MR) is 73.5 cm³/mol. The molecule has 0 aliphatic carbocycles. The number of carbonyl (C=O) groups excluding carboxylic acids is 1. The van der Waals surface area contributed by atoms with Crippen LogP contribution in [0.1, 0.15) is 5.56 Å². The molecule has 1 aromatic carbocycles. The van der Waals surface area contributed by atoms with Crippen LogP contribution in [0.25, 0.3) is 0 Å². The van der Waals surface area contributed by atoms with Crippen molar-refractivity contribution in [3.8, 4) is 0 Å². The van der Waals surface area contributed by atoms with Gasteiger partial charge in [-0.1, -0.05) is 6.07 Å². The summed E-state index contributed by atoms with van der Waals surface area (Å²) in [6, 6.07) is 4.84. The molecule has 2 amide bonds. The fraction of sp³-hybridized carbons (Fsp3) is 0.0833. The Bertz CT molecular complexity index is 638. The number of amides is 2. The Hall–Kier alpha value is -2.45. The van der Waals surface area contributed by atoms with Gasteiger partial charge in [0, 0.05) is 5.69 Å². The zero-order chi connectivity index (χ0) is 13.9. The van der Waals surface area contributed by atoms with Gasteiger partial charge in [-0.2, -0.15) is 0 Å². The number of nitrogens with one attached hydrogen (secondary N) is 2. The number of anilines is 2. The van der Waals surface area contributed by atoms with Crippen LogP contribution in [0, 0.1) is 0 Å². The first kappa shape index (κ1) is 12.6. The normalized spacial score (nSPS) is 12.9. The summed E-state index contributed by atoms with van der Waals surface area (Å²) in [5.41, 5.74) is 2.66. The summed E-state index contributed by atoms with van der Waals surface area (Å²) in [6.07, 6.45) is 4.37. The summed E-state index contributed by atoms with van der Waals surface area (Å²) < 4.78 is 5.09. The Kier molecular flexibility index (Phi) is 3.32. The Balaban J connectivity index is 1.69. The molecule has 3 N–H and O–H groups in total. The van der Waals surface area contributed by atoms with Gasteiger partial charge >= 0.3 is 13.1 Å². The fourth-order valence-electron chi connectivity index (χ4n) is 1.95. The van der Waals surface area contributed by atoms with E-state index in [0.29, 0.717) is 23.4 Å². The number of aromatic nitrogens is 2. The molecule has 20 heavy (non-hydrogen) atoms. The van der Waals surface area contributed by atoms with E-state index in [0.717, 1.165) is 5.56 Å². The second kappa shape index (κ2) is 5.28. The molecule has 100 valence electrons. The van der Waals surface area contributed by atoms with Crippen molar-refractivity contribution in [3.63, 3.8) is 0 Å². The van der Waals surface area contributed by atoms with E-state index in [9.17, 15) is 9.82 Å². The molecule has 2 heterocycles. The molecule has 8 heteroatoms. The molecular formula is C12H11BN4O3. The van der Waals surface area contributed by atoms with E-state index in [-0.39, 0.29) is 0 Å². The fourth-order valence-corrected chi connectivity index (χ4v) is 1.95. The lowest BCUT2D eigenvalue weighted by Gasteiger charge is -2.08. The molecule has 0 spiro atoms. The van der Waals surface area contributed by atoms with E-state index >= 15 is 0 Å². The van der Waals surface area contributed by atoms with Gasteiger partial charge in [-0.25, -0.2) is 14.8 Å². The zero-order valence-electron chi connectivity index (χ0n) is 10.4. The molecule has 3 rings (SSSR count). The van der Waals surface area contributed by atoms with E-state index in [1.165, 1.54) is 18.7 Å². The average molecular weight is 270 g/mol. The molecule has 7 nitrogen and oxygen atoms in total. The lowest BCUT2D eigenvalue weighted by Crippen LogP contribution is -2.29. The van der Waals surface area contributed by atoms with Gasteiger partial charge in [-0.15, -0.1) is 0 Å². The summed E-state index contributed by atoms with van der Waals surface area (Å²) >= 11 is 0. The largest absolute Gasteiger partial charge is 0.491 e. The Labute approximate surface area is 115 Å². The standard InChI is InChI=1S/C12H11BN4O3/c18-12(17-10-4-14-7-15-5-10)16-9-2-1-8-6-20-13(19)11(8)3-9/h1-5,7,19H,6H2,(H2,16,17,18). The molecule has 0 atom stereocenters. The zero-order valence-corrected chi connectivity index (χ0v) is 10.4. The minimum absolute atomic E-state index is 0.379. The summed E-state index contributed by atoms with van der Waals surface area (Å²) in [5.74, 6) is 0. The summed E-state index contributed by atoms with van der Waals surface area (Å²) in [7, 11) is -0.933. The van der Waals surface area contributed by atoms with Gasteiger partial charge in [0.25, 0.3) is 0 Å². The summed E-state index contributed by atoms with van der Waals surface area (Å²) in [5, 5.41) is 14.9. The summed E-state index contributed by atoms with van der Waals surface area (Å²) in [4.78, 5) is 19.4. The topological polar surface area (TPSA) is 96.4 Å². The van der Waals surface area contributed by atoms with Crippen LogP contribution in [-0.2, 0) is 11.3 Å². The average Bonchev–Trinajstić information content (AvgIpc) is 2.81. The van der Waals surface area contributed by atoms with Crippen molar-refractivity contribution in [3.05, 3.63) is 42.5 Å². The maximum atomic E-state index is 11.8. The number of nitrogens with zero attached hydrogens (tertiary/aromatic N) is 2. The van der Waals surface area contributed by atoms with Gasteiger partial charge in [0.2, 0.25) is 0 Å². The van der Waals surface area contributed by atoms with Crippen molar-refractivity contribution in [1.29, 1.82) is 0 Å². The van der Waals surface area contributed by atoms with E-state index in [4.69, 9.17) is 4.65 Å². The molecule has 1 aliphatic heterocycles. The van der Waals surface area contributed by atoms with Crippen molar-refractivity contribution in [2.45, 2.75) is 6.61 Å². The second-order valence-corrected chi connectivity index (χ2v) is 4.28. The maximum absolute atomic E-state index is 11.8. The number of carbonyl (C=O) groups is 1. The molecular weight excluding hydrogens is 259 g/mol. The third kappa shape index (κ3) is 2.61. The first-order chi connectivity index (χ1) is 9.72. The van der Waals surface area contributed by atoms with Crippen LogP contribution in [0.4, 0.5) is 16.2 Å². The second-order valence-electron chi connectivity index (χ2n) is 4.28. The molecule has 0 bridgehead atoms. The van der Waals surface area contributed by atoms with Gasteiger partial charge in [0.1, 0.15) is 6.33 Å². The molecule has 1 aliphatic rings. The molecule has 2 aromatic rings. The van der Waals surface area contributed by atoms with Gasteiger partial charge in [0.15, 0.2) is 0 Å². The van der Waals surface area contributed by atoms with Crippen LogP contribution in [0.3, 0.4) is 0 Å². The van der Waals surface area contributed by atoms with Crippen molar-refractivity contribution >= 4 is 30.0 Å². The van der Waals surface area contributed by atoms with Gasteiger partial charge in [-0.05, 0) is 23.2 Å². The van der Waals surface area contributed by atoms with Crippen molar-refractivity contribution in [1.82, 2.24) is 9.97 Å². The van der Waals surface area contributed by atoms with E-state index in [2.05, 4.69) is 20.6 Å². The van der Waals surface area contributed by atoms with Crippen LogP contribution >= 0.6 is 0 Å². The number of urea groups is 1. The van der Waals surface area contributed by atoms with Gasteiger partial charge in [0.05, 0.1) is 24.7 Å². The number of benzene rings is 1. The van der Waals surface area contributed by atoms with E-state index in [1.807, 2.05) is 6.07 Å². The summed E-state index contributed by atoms with van der Waals surface area (Å²) in [6.45, 7) is 0.379. The quantitative estimate of drug-likeness (QED) is 0.684. The Morgan fingerprint density at radius 3 is 2.80 bits per heavy atom. The van der Waals surface area contributed by atoms with E-state index in [1.54, 1.807) is 12.1 Å². The number of fused-ring (bicyclic) bond motifs is 1. The van der Waals surface area contributed by atoms with Crippen LogP contribution in [0.15, 0.2) is 36.9 Å². The first-order valence-electron chi connectivity index (χ1n) is 5.98. The number of hydrogen-bond acceptors (Lipinski definition) is 5. The third-order valence-corrected chi connectivity index (χ3v) is 2.88. The van der Waals surface area contributed by atoms with Crippen LogP contribution in [-0.4, -0.2) is 28.1 Å². The number of hydrogen-bond donors (Lipinski definition) is 3. The van der Waals surface area contributed by atoms with Crippen LogP contribution in [0.5, 0.6) is 0 Å². The monoisotopic (exact) mass is 270 g/mol. The number of rotatable bonds is 2. The highest BCUT2D eigenvalue weighted by molar-refractivity contribution is 6.61. The molecule has 1 aromatic heterocycles. The van der Waals surface area contributed by atoms with Gasteiger partial charge < -0.3 is 20.3 Å². The molecule has 0 unspecified atom stereocenters. The van der Waals surface area contributed by atoms with Gasteiger partial charge in [-0.3, -0.25) is 0 Å². The van der Waals surface area contributed by atoms with Crippen molar-refractivity contribution in [2.75, 3.05) is 10.6 Å². The minimum atomic E-state index is -0.933. The van der Waals surface area contributed by atoms with Crippen LogP contribution in [0.2, 0.25) is 0 Å². The van der Waals surface area contributed by atoms with Crippen LogP contribution < -0.4 is 16.1 Å². The minimum Gasteiger partial charge on any atom is -0.423 e. The molecule has 0 saturated heterocycles. The highest BCUT2D eigenvalue weighted by Crippen LogP contribution is 2.14. The molecule has 0 fully saturated rings. The van der Waals surface area contributed by atoms with Crippen molar-refractivity contribution < 1.29 is 14.5 Å². The Morgan fingerprint density at radius 2 is 2.00 bits per heavy atom. The highest BCUT2D eigenvalue weighted by atomic mass is 16.5. The lowest BCUT2D eigenvalue weighted by atomic mass is 9.79. The SMILES string of the molecule is O=C(Nc1cncnc1)Nc1ccc2c(c1)B(O)OC2. The van der Waals surface area contributed by atoms with E-state index < -0.39 is 13.1 Å². The molecule has 0 radical (unpaired) electrons. The lowest BCUT2D eigenvalue weighted by molar-refractivity contribution is 0.262. The third-order valence-electron chi connectivity index (χ3n) is 2.88. The molecule has 0 saturated carbocycles. The smallest absolute Gasteiger partial charge is 0.423 e. The maximum Gasteiger partial charge on any atom is 0.491 e. The first-order valence-corrected chi connectivity index (χ1v) is 5.98. The Morgan fingerprint density at radius 1 is 1.25 bits per heavy atom. The van der Waals surface area contributed by atoms with Crippen molar-refractivity contribution in [2.24, 2.45) is 0 Å².